The molecule has 0 aliphatic carbocycles. The molecule has 1 heterocycles. The molecular formula is C18H30BNO4. The van der Waals surface area contributed by atoms with Crippen LogP contribution in [0.1, 0.15) is 27.7 Å². The lowest BCUT2D eigenvalue weighted by atomic mass is 9.79. The van der Waals surface area contributed by atoms with Gasteiger partial charge in [0, 0.05) is 13.7 Å². The Morgan fingerprint density at radius 2 is 1.58 bits per heavy atom. The van der Waals surface area contributed by atoms with Crippen molar-refractivity contribution in [2.75, 3.05) is 34.4 Å². The number of nitrogens with zero attached hydrogens (tertiary/aromatic N) is 1. The van der Waals surface area contributed by atoms with Gasteiger partial charge in [-0.05, 0) is 59.4 Å². The Morgan fingerprint density at radius 3 is 2.04 bits per heavy atom. The topological polar surface area (TPSA) is 40.2 Å². The number of hydrogen-bond donors (Lipinski definition) is 0. The molecule has 0 radical (unpaired) electrons. The molecule has 1 aliphatic rings. The number of hydrogen-bond acceptors (Lipinski definition) is 5. The van der Waals surface area contributed by atoms with Gasteiger partial charge in [0.15, 0.2) is 0 Å². The van der Waals surface area contributed by atoms with Gasteiger partial charge in [-0.1, -0.05) is 12.1 Å². The lowest BCUT2D eigenvalue weighted by molar-refractivity contribution is 0.00578. The Labute approximate surface area is 146 Å². The van der Waals surface area contributed by atoms with Crippen LogP contribution in [0.4, 0.5) is 0 Å². The van der Waals surface area contributed by atoms with Crippen LogP contribution in [0.5, 0.6) is 5.75 Å². The zero-order chi connectivity index (χ0) is 18.0. The third-order valence-electron chi connectivity index (χ3n) is 4.74. The maximum atomic E-state index is 6.06. The molecule has 2 rings (SSSR count). The lowest BCUT2D eigenvalue weighted by Gasteiger charge is -2.32. The van der Waals surface area contributed by atoms with Crippen LogP contribution in [-0.2, 0) is 14.0 Å². The highest BCUT2D eigenvalue weighted by Crippen LogP contribution is 2.36. The van der Waals surface area contributed by atoms with E-state index in [1.54, 1.807) is 7.11 Å². The van der Waals surface area contributed by atoms with Crippen molar-refractivity contribution in [2.45, 2.75) is 45.0 Å². The predicted molar refractivity (Wildman–Crippen MR) is 97.0 cm³/mol. The average molecular weight is 335 g/mol. The van der Waals surface area contributed by atoms with E-state index in [2.05, 4.69) is 32.6 Å². The molecule has 1 aromatic carbocycles. The number of rotatable bonds is 7. The molecular weight excluding hydrogens is 305 g/mol. The van der Waals surface area contributed by atoms with Gasteiger partial charge in [0.1, 0.15) is 18.5 Å². The van der Waals surface area contributed by atoms with Crippen LogP contribution in [0.3, 0.4) is 0 Å². The summed E-state index contributed by atoms with van der Waals surface area (Å²) in [4.78, 5) is 2.08. The fourth-order valence-electron chi connectivity index (χ4n) is 2.49. The number of likely N-dealkylation sites (N-methyl/N-ethyl adjacent to an activating group) is 1. The zero-order valence-corrected chi connectivity index (χ0v) is 16.0. The Balaban J connectivity index is 1.94. The van der Waals surface area contributed by atoms with E-state index in [9.17, 15) is 0 Å². The molecule has 1 aliphatic heterocycles. The van der Waals surface area contributed by atoms with E-state index in [1.165, 1.54) is 0 Å². The highest BCUT2D eigenvalue weighted by molar-refractivity contribution is 6.62. The highest BCUT2D eigenvalue weighted by Gasteiger charge is 2.51. The van der Waals surface area contributed by atoms with Crippen molar-refractivity contribution < 1.29 is 18.8 Å². The standard InChI is InChI=1S/C18H30BNO4/c1-17(2)18(3,4)24-19(23-17)14-8-10-15(11-9-14)22-13-16(21-7)12-20(5)6/h8-11,16H,12-13H2,1-7H3. The van der Waals surface area contributed by atoms with Crippen LogP contribution in [0, 0.1) is 0 Å². The molecule has 1 unspecified atom stereocenters. The lowest BCUT2D eigenvalue weighted by Crippen LogP contribution is -2.41. The van der Waals surface area contributed by atoms with E-state index < -0.39 is 0 Å². The van der Waals surface area contributed by atoms with Gasteiger partial charge in [-0.25, -0.2) is 0 Å². The first kappa shape index (κ1) is 19.3. The molecule has 6 heteroatoms. The zero-order valence-electron chi connectivity index (χ0n) is 16.0. The normalized spacial score (nSPS) is 20.4. The fraction of sp³-hybridized carbons (Fsp3) is 0.667. The molecule has 0 spiro atoms. The first-order valence-corrected chi connectivity index (χ1v) is 8.40. The molecule has 0 bridgehead atoms. The third-order valence-corrected chi connectivity index (χ3v) is 4.74. The van der Waals surface area contributed by atoms with Gasteiger partial charge in [0.05, 0.1) is 11.2 Å². The predicted octanol–water partition coefficient (Wildman–Crippen LogP) is 1.94. The largest absolute Gasteiger partial charge is 0.494 e. The van der Waals surface area contributed by atoms with E-state index in [0.717, 1.165) is 17.8 Å². The average Bonchev–Trinajstić information content (AvgIpc) is 2.72. The van der Waals surface area contributed by atoms with Crippen molar-refractivity contribution >= 4 is 12.6 Å². The summed E-state index contributed by atoms with van der Waals surface area (Å²) in [6.07, 6.45) is 0.0442. The maximum absolute atomic E-state index is 6.06. The molecule has 134 valence electrons. The van der Waals surface area contributed by atoms with Crippen molar-refractivity contribution in [1.29, 1.82) is 0 Å². The molecule has 0 N–H and O–H groups in total. The van der Waals surface area contributed by atoms with Gasteiger partial charge >= 0.3 is 7.12 Å². The summed E-state index contributed by atoms with van der Waals surface area (Å²) in [6, 6.07) is 7.88. The SMILES string of the molecule is COC(COc1ccc(B2OC(C)(C)C(C)(C)O2)cc1)CN(C)C. The molecule has 1 aromatic rings. The van der Waals surface area contributed by atoms with Crippen LogP contribution < -0.4 is 10.2 Å². The molecule has 1 saturated heterocycles. The van der Waals surface area contributed by atoms with E-state index >= 15 is 0 Å². The van der Waals surface area contributed by atoms with Crippen molar-refractivity contribution in [1.82, 2.24) is 4.90 Å². The number of ether oxygens (including phenoxy) is 2. The van der Waals surface area contributed by atoms with E-state index in [-0.39, 0.29) is 24.4 Å². The second kappa shape index (κ2) is 7.44. The summed E-state index contributed by atoms with van der Waals surface area (Å²) >= 11 is 0. The molecule has 5 nitrogen and oxygen atoms in total. The van der Waals surface area contributed by atoms with Gasteiger partial charge in [-0.3, -0.25) is 0 Å². The first-order chi connectivity index (χ1) is 11.1. The number of methoxy groups -OCH3 is 1. The fourth-order valence-corrected chi connectivity index (χ4v) is 2.49. The minimum atomic E-state index is -0.343. The first-order valence-electron chi connectivity index (χ1n) is 8.40. The van der Waals surface area contributed by atoms with E-state index in [4.69, 9.17) is 18.8 Å². The molecule has 24 heavy (non-hydrogen) atoms. The second-order valence-corrected chi connectivity index (χ2v) is 7.59. The Morgan fingerprint density at radius 1 is 1.04 bits per heavy atom. The Hall–Kier alpha value is -1.08. The summed E-state index contributed by atoms with van der Waals surface area (Å²) in [5, 5.41) is 0. The maximum Gasteiger partial charge on any atom is 0.494 e. The van der Waals surface area contributed by atoms with Crippen LogP contribution in [0.15, 0.2) is 24.3 Å². The van der Waals surface area contributed by atoms with Gasteiger partial charge in [-0.15, -0.1) is 0 Å². The van der Waals surface area contributed by atoms with Gasteiger partial charge < -0.3 is 23.7 Å². The molecule has 0 amide bonds. The minimum absolute atomic E-state index is 0.0442. The van der Waals surface area contributed by atoms with Gasteiger partial charge in [0.2, 0.25) is 0 Å². The summed E-state index contributed by atoms with van der Waals surface area (Å²) in [7, 11) is 5.40. The van der Waals surface area contributed by atoms with E-state index in [0.29, 0.717) is 6.61 Å². The van der Waals surface area contributed by atoms with E-state index in [1.807, 2.05) is 38.4 Å². The van der Waals surface area contributed by atoms with Crippen molar-refractivity contribution in [2.24, 2.45) is 0 Å². The monoisotopic (exact) mass is 335 g/mol. The smallest absolute Gasteiger partial charge is 0.491 e. The van der Waals surface area contributed by atoms with Gasteiger partial charge in [-0.2, -0.15) is 0 Å². The van der Waals surface area contributed by atoms with Crippen LogP contribution >= 0.6 is 0 Å². The van der Waals surface area contributed by atoms with Crippen LogP contribution in [-0.4, -0.2) is 63.7 Å². The highest BCUT2D eigenvalue weighted by atomic mass is 16.7. The summed E-state index contributed by atoms with van der Waals surface area (Å²) in [5.74, 6) is 0.816. The minimum Gasteiger partial charge on any atom is -0.491 e. The quantitative estimate of drug-likeness (QED) is 0.712. The summed E-state index contributed by atoms with van der Waals surface area (Å²) in [6.45, 7) is 9.56. The van der Waals surface area contributed by atoms with Crippen LogP contribution in [0.2, 0.25) is 0 Å². The third kappa shape index (κ3) is 4.51. The van der Waals surface area contributed by atoms with Crippen molar-refractivity contribution in [3.8, 4) is 5.75 Å². The van der Waals surface area contributed by atoms with Gasteiger partial charge in [0.25, 0.3) is 0 Å². The Kier molecular flexibility index (Phi) is 5.97. The number of benzene rings is 1. The second-order valence-electron chi connectivity index (χ2n) is 7.59. The molecule has 0 saturated carbocycles. The summed E-state index contributed by atoms with van der Waals surface area (Å²) < 4.78 is 23.4. The van der Waals surface area contributed by atoms with Crippen molar-refractivity contribution in [3.63, 3.8) is 0 Å². The van der Waals surface area contributed by atoms with Crippen molar-refractivity contribution in [3.05, 3.63) is 24.3 Å². The summed E-state index contributed by atoms with van der Waals surface area (Å²) in [5.41, 5.74) is 0.340. The molecule has 1 fully saturated rings. The van der Waals surface area contributed by atoms with Crippen LogP contribution in [0.25, 0.3) is 0 Å². The Bertz CT molecular complexity index is 514. The molecule has 1 atom stereocenters. The molecule has 0 aromatic heterocycles.